The molecule has 0 aliphatic carbocycles. The van der Waals surface area contributed by atoms with E-state index in [0.717, 1.165) is 49.8 Å². The summed E-state index contributed by atoms with van der Waals surface area (Å²) >= 11 is 3.48. The van der Waals surface area contributed by atoms with Gasteiger partial charge in [0.1, 0.15) is 0 Å². The van der Waals surface area contributed by atoms with Crippen molar-refractivity contribution in [2.24, 2.45) is 5.92 Å². The lowest BCUT2D eigenvalue weighted by Gasteiger charge is -2.32. The van der Waals surface area contributed by atoms with E-state index in [1.807, 2.05) is 6.07 Å². The lowest BCUT2D eigenvalue weighted by Crippen LogP contribution is -2.43. The van der Waals surface area contributed by atoms with Crippen molar-refractivity contribution in [2.75, 3.05) is 13.1 Å². The summed E-state index contributed by atoms with van der Waals surface area (Å²) in [5.74, 6) is 0.393. The van der Waals surface area contributed by atoms with Gasteiger partial charge in [-0.05, 0) is 69.0 Å². The number of aryl methyl sites for hydroxylation is 1. The van der Waals surface area contributed by atoms with Gasteiger partial charge >= 0.3 is 0 Å². The zero-order valence-corrected chi connectivity index (χ0v) is 17.6. The average molecular weight is 429 g/mol. The third-order valence-electron chi connectivity index (χ3n) is 5.38. The molecule has 27 heavy (non-hydrogen) atoms. The van der Waals surface area contributed by atoms with Crippen LogP contribution in [0.5, 0.6) is 0 Å². The van der Waals surface area contributed by atoms with Crippen LogP contribution in [0.2, 0.25) is 0 Å². The predicted molar refractivity (Wildman–Crippen MR) is 115 cm³/mol. The van der Waals surface area contributed by atoms with Crippen LogP contribution in [0.4, 0.5) is 0 Å². The van der Waals surface area contributed by atoms with E-state index < -0.39 is 0 Å². The second-order valence-electron chi connectivity index (χ2n) is 7.61. The van der Waals surface area contributed by atoms with E-state index in [4.69, 9.17) is 0 Å². The molecule has 1 atom stereocenters. The summed E-state index contributed by atoms with van der Waals surface area (Å²) in [6.07, 6.45) is 3.90. The standard InChI is InChI=1S/C23H29BrN2O/c1-18(7-8-19-5-3-2-4-6-19)25-23(27)21-13-15-26(16-14-21)17-20-9-11-22(24)12-10-20/h2-6,9-12,18,21H,7-8,13-17H2,1H3,(H,25,27). The van der Waals surface area contributed by atoms with Gasteiger partial charge in [-0.2, -0.15) is 0 Å². The second-order valence-corrected chi connectivity index (χ2v) is 8.53. The molecule has 1 heterocycles. The molecule has 2 aromatic carbocycles. The van der Waals surface area contributed by atoms with Crippen LogP contribution in [-0.4, -0.2) is 29.9 Å². The number of benzene rings is 2. The first-order valence-electron chi connectivity index (χ1n) is 9.91. The Morgan fingerprint density at radius 1 is 1.07 bits per heavy atom. The van der Waals surface area contributed by atoms with Crippen LogP contribution in [0.1, 0.15) is 37.3 Å². The van der Waals surface area contributed by atoms with Gasteiger partial charge in [0.25, 0.3) is 0 Å². The van der Waals surface area contributed by atoms with Gasteiger partial charge in [-0.1, -0.05) is 58.4 Å². The van der Waals surface area contributed by atoms with Gasteiger partial charge in [0, 0.05) is 23.0 Å². The number of nitrogens with zero attached hydrogens (tertiary/aromatic N) is 1. The van der Waals surface area contributed by atoms with Gasteiger partial charge < -0.3 is 5.32 Å². The van der Waals surface area contributed by atoms with Crippen molar-refractivity contribution in [3.05, 3.63) is 70.2 Å². The van der Waals surface area contributed by atoms with Crippen molar-refractivity contribution < 1.29 is 4.79 Å². The number of hydrogen-bond acceptors (Lipinski definition) is 2. The van der Waals surface area contributed by atoms with E-state index >= 15 is 0 Å². The number of halogens is 1. The molecule has 2 aromatic rings. The molecule has 1 amide bonds. The largest absolute Gasteiger partial charge is 0.353 e. The van der Waals surface area contributed by atoms with E-state index in [0.29, 0.717) is 0 Å². The number of likely N-dealkylation sites (tertiary alicyclic amines) is 1. The van der Waals surface area contributed by atoms with Crippen LogP contribution >= 0.6 is 15.9 Å². The molecule has 0 saturated carbocycles. The molecule has 3 rings (SSSR count). The molecule has 1 aliphatic rings. The zero-order chi connectivity index (χ0) is 19.1. The van der Waals surface area contributed by atoms with E-state index in [2.05, 4.69) is 81.6 Å². The van der Waals surface area contributed by atoms with Gasteiger partial charge in [0.2, 0.25) is 5.91 Å². The van der Waals surface area contributed by atoms with E-state index in [1.54, 1.807) is 0 Å². The normalized spacial score (nSPS) is 16.8. The number of nitrogens with one attached hydrogen (secondary N) is 1. The maximum atomic E-state index is 12.6. The summed E-state index contributed by atoms with van der Waals surface area (Å²) in [7, 11) is 0. The Kier molecular flexibility index (Phi) is 7.48. The second kappa shape index (κ2) is 10.0. The fraction of sp³-hybridized carbons (Fsp3) is 0.435. The SMILES string of the molecule is CC(CCc1ccccc1)NC(=O)C1CCN(Cc2ccc(Br)cc2)CC1. The highest BCUT2D eigenvalue weighted by molar-refractivity contribution is 9.10. The molecule has 0 bridgehead atoms. The van der Waals surface area contributed by atoms with Gasteiger partial charge in [-0.3, -0.25) is 9.69 Å². The van der Waals surface area contributed by atoms with E-state index in [1.165, 1.54) is 11.1 Å². The van der Waals surface area contributed by atoms with Crippen LogP contribution in [0.15, 0.2) is 59.1 Å². The molecular formula is C23H29BrN2O. The number of hydrogen-bond donors (Lipinski definition) is 1. The monoisotopic (exact) mass is 428 g/mol. The fourth-order valence-corrected chi connectivity index (χ4v) is 3.93. The van der Waals surface area contributed by atoms with Crippen molar-refractivity contribution in [1.82, 2.24) is 10.2 Å². The first-order chi connectivity index (χ1) is 13.1. The number of carbonyl (C=O) groups is 1. The highest BCUT2D eigenvalue weighted by atomic mass is 79.9. The Morgan fingerprint density at radius 3 is 2.41 bits per heavy atom. The van der Waals surface area contributed by atoms with Gasteiger partial charge in [0.15, 0.2) is 0 Å². The molecule has 1 fully saturated rings. The molecule has 0 radical (unpaired) electrons. The molecule has 3 nitrogen and oxygen atoms in total. The Hall–Kier alpha value is -1.65. The summed E-state index contributed by atoms with van der Waals surface area (Å²) in [4.78, 5) is 15.0. The lowest BCUT2D eigenvalue weighted by molar-refractivity contribution is -0.127. The third kappa shape index (κ3) is 6.47. The summed E-state index contributed by atoms with van der Waals surface area (Å²) < 4.78 is 1.11. The fourth-order valence-electron chi connectivity index (χ4n) is 3.66. The minimum atomic E-state index is 0.158. The number of carbonyl (C=O) groups excluding carboxylic acids is 1. The molecular weight excluding hydrogens is 400 g/mol. The van der Waals surface area contributed by atoms with Crippen LogP contribution in [0.3, 0.4) is 0 Å². The molecule has 1 unspecified atom stereocenters. The molecule has 1 N–H and O–H groups in total. The Bertz CT molecular complexity index is 709. The van der Waals surface area contributed by atoms with Crippen LogP contribution in [0.25, 0.3) is 0 Å². The molecule has 1 saturated heterocycles. The summed E-state index contributed by atoms with van der Waals surface area (Å²) in [5.41, 5.74) is 2.66. The highest BCUT2D eigenvalue weighted by Crippen LogP contribution is 2.20. The minimum Gasteiger partial charge on any atom is -0.353 e. The lowest BCUT2D eigenvalue weighted by atomic mass is 9.95. The number of rotatable bonds is 7. The number of piperidine rings is 1. The summed E-state index contributed by atoms with van der Waals surface area (Å²) in [5, 5.41) is 3.23. The summed E-state index contributed by atoms with van der Waals surface area (Å²) in [6, 6.07) is 19.2. The topological polar surface area (TPSA) is 32.3 Å². The van der Waals surface area contributed by atoms with Crippen molar-refractivity contribution in [2.45, 2.75) is 45.2 Å². The molecule has 0 spiro atoms. The van der Waals surface area contributed by atoms with Gasteiger partial charge in [0.05, 0.1) is 0 Å². The van der Waals surface area contributed by atoms with E-state index in [9.17, 15) is 4.79 Å². The zero-order valence-electron chi connectivity index (χ0n) is 16.0. The van der Waals surface area contributed by atoms with Crippen molar-refractivity contribution >= 4 is 21.8 Å². The van der Waals surface area contributed by atoms with E-state index in [-0.39, 0.29) is 17.9 Å². The Balaban J connectivity index is 1.38. The molecule has 1 aliphatic heterocycles. The minimum absolute atomic E-state index is 0.158. The predicted octanol–water partition coefficient (Wildman–Crippen LogP) is 4.80. The first kappa shape index (κ1) is 20.1. The highest BCUT2D eigenvalue weighted by Gasteiger charge is 2.25. The smallest absolute Gasteiger partial charge is 0.223 e. The van der Waals surface area contributed by atoms with Gasteiger partial charge in [-0.15, -0.1) is 0 Å². The van der Waals surface area contributed by atoms with Crippen LogP contribution in [-0.2, 0) is 17.8 Å². The molecule has 4 heteroatoms. The van der Waals surface area contributed by atoms with Crippen molar-refractivity contribution in [1.29, 1.82) is 0 Å². The first-order valence-corrected chi connectivity index (χ1v) is 10.7. The maximum Gasteiger partial charge on any atom is 0.223 e. The van der Waals surface area contributed by atoms with Crippen LogP contribution in [0, 0.1) is 5.92 Å². The number of amides is 1. The van der Waals surface area contributed by atoms with Crippen LogP contribution < -0.4 is 5.32 Å². The van der Waals surface area contributed by atoms with Gasteiger partial charge in [-0.25, -0.2) is 0 Å². The Morgan fingerprint density at radius 2 is 1.74 bits per heavy atom. The quantitative estimate of drug-likeness (QED) is 0.686. The third-order valence-corrected chi connectivity index (χ3v) is 5.90. The summed E-state index contributed by atoms with van der Waals surface area (Å²) in [6.45, 7) is 5.07. The average Bonchev–Trinajstić information content (AvgIpc) is 2.69. The maximum absolute atomic E-state index is 12.6. The molecule has 0 aromatic heterocycles. The van der Waals surface area contributed by atoms with Crippen molar-refractivity contribution in [3.8, 4) is 0 Å². The Labute approximate surface area is 171 Å². The molecule has 144 valence electrons. The van der Waals surface area contributed by atoms with Crippen molar-refractivity contribution in [3.63, 3.8) is 0 Å².